The molecule has 0 radical (unpaired) electrons. The van der Waals surface area contributed by atoms with Crippen LogP contribution in [0.15, 0.2) is 42.5 Å². The number of nitro benzene ring substituents is 1. The third kappa shape index (κ3) is 3.94. The van der Waals surface area contributed by atoms with Gasteiger partial charge in [-0.3, -0.25) is 10.1 Å². The molecule has 2 aromatic rings. The van der Waals surface area contributed by atoms with Gasteiger partial charge in [0.05, 0.1) is 4.92 Å². The molecule has 0 N–H and O–H groups in total. The molecule has 0 aliphatic rings. The average molecular weight is 351 g/mol. The summed E-state index contributed by atoms with van der Waals surface area (Å²) in [6, 6.07) is 6.39. The van der Waals surface area contributed by atoms with Gasteiger partial charge in [-0.05, 0) is 17.7 Å². The van der Waals surface area contributed by atoms with E-state index in [1.807, 2.05) is 0 Å². The average Bonchev–Trinajstić information content (AvgIpc) is 2.44. The quantitative estimate of drug-likeness (QED) is 0.435. The van der Waals surface area contributed by atoms with Crippen molar-refractivity contribution in [1.82, 2.24) is 0 Å². The summed E-state index contributed by atoms with van der Waals surface area (Å²) in [5.41, 5.74) is -3.65. The molecule has 24 heavy (non-hydrogen) atoms. The molecule has 0 atom stereocenters. The maximum atomic E-state index is 13.2. The molecular formula is C14H7F6NO3. The van der Waals surface area contributed by atoms with Crippen molar-refractivity contribution in [1.29, 1.82) is 0 Å². The number of hydrogen-bond acceptors (Lipinski definition) is 3. The summed E-state index contributed by atoms with van der Waals surface area (Å²) in [4.78, 5) is 9.63. The van der Waals surface area contributed by atoms with Gasteiger partial charge in [0.1, 0.15) is 11.3 Å². The van der Waals surface area contributed by atoms with E-state index >= 15 is 0 Å². The van der Waals surface area contributed by atoms with Gasteiger partial charge in [0.15, 0.2) is 0 Å². The second kappa shape index (κ2) is 6.02. The van der Waals surface area contributed by atoms with Crippen molar-refractivity contribution in [3.05, 3.63) is 58.1 Å². The van der Waals surface area contributed by atoms with E-state index in [2.05, 4.69) is 4.74 Å². The SMILES string of the molecule is O=[N+]([O-])c1cccc(-c2cccc(OC(F)(F)F)c2)c1C(F)(F)F. The van der Waals surface area contributed by atoms with Crippen LogP contribution in [0, 0.1) is 10.1 Å². The topological polar surface area (TPSA) is 52.4 Å². The van der Waals surface area contributed by atoms with Gasteiger partial charge in [-0.25, -0.2) is 0 Å². The monoisotopic (exact) mass is 351 g/mol. The van der Waals surface area contributed by atoms with Crippen molar-refractivity contribution in [3.63, 3.8) is 0 Å². The van der Waals surface area contributed by atoms with Crippen LogP contribution >= 0.6 is 0 Å². The van der Waals surface area contributed by atoms with Crippen molar-refractivity contribution >= 4 is 5.69 Å². The molecule has 0 amide bonds. The molecule has 2 rings (SSSR count). The fourth-order valence-corrected chi connectivity index (χ4v) is 2.09. The molecule has 0 aliphatic heterocycles. The van der Waals surface area contributed by atoms with Crippen molar-refractivity contribution in [2.75, 3.05) is 0 Å². The van der Waals surface area contributed by atoms with E-state index in [0.29, 0.717) is 6.07 Å². The molecule has 0 aliphatic carbocycles. The second-order valence-electron chi connectivity index (χ2n) is 4.53. The molecule has 10 heteroatoms. The van der Waals surface area contributed by atoms with Crippen LogP contribution < -0.4 is 4.74 Å². The number of benzene rings is 2. The smallest absolute Gasteiger partial charge is 0.406 e. The van der Waals surface area contributed by atoms with Crippen molar-refractivity contribution < 1.29 is 36.0 Å². The molecule has 0 spiro atoms. The number of halogens is 6. The van der Waals surface area contributed by atoms with Crippen LogP contribution in [-0.4, -0.2) is 11.3 Å². The Bertz CT molecular complexity index is 770. The highest BCUT2D eigenvalue weighted by atomic mass is 19.4. The van der Waals surface area contributed by atoms with E-state index in [9.17, 15) is 36.5 Å². The molecule has 0 heterocycles. The number of rotatable bonds is 3. The lowest BCUT2D eigenvalue weighted by molar-refractivity contribution is -0.388. The molecule has 0 bridgehead atoms. The van der Waals surface area contributed by atoms with Crippen LogP contribution in [0.2, 0.25) is 0 Å². The lowest BCUT2D eigenvalue weighted by Crippen LogP contribution is -2.17. The van der Waals surface area contributed by atoms with Crippen molar-refractivity contribution in [2.45, 2.75) is 12.5 Å². The molecule has 4 nitrogen and oxygen atoms in total. The predicted molar refractivity (Wildman–Crippen MR) is 70.2 cm³/mol. The van der Waals surface area contributed by atoms with Gasteiger partial charge in [-0.1, -0.05) is 24.3 Å². The Hall–Kier alpha value is -2.78. The minimum Gasteiger partial charge on any atom is -0.406 e. The van der Waals surface area contributed by atoms with Crippen LogP contribution in [0.5, 0.6) is 5.75 Å². The molecule has 0 fully saturated rings. The largest absolute Gasteiger partial charge is 0.573 e. The molecule has 2 aromatic carbocycles. The fraction of sp³-hybridized carbons (Fsp3) is 0.143. The van der Waals surface area contributed by atoms with Crippen molar-refractivity contribution in [2.24, 2.45) is 0 Å². The van der Waals surface area contributed by atoms with Gasteiger partial charge in [0.2, 0.25) is 0 Å². The van der Waals surface area contributed by atoms with Crippen LogP contribution in [0.3, 0.4) is 0 Å². The Kier molecular flexibility index (Phi) is 4.41. The standard InChI is InChI=1S/C14H7F6NO3/c15-13(16,17)12-10(5-2-6-11(12)21(22)23)8-3-1-4-9(7-8)24-14(18,19)20/h1-7H. The maximum Gasteiger partial charge on any atom is 0.573 e. The van der Waals surface area contributed by atoms with Crippen LogP contribution in [-0.2, 0) is 6.18 Å². The fourth-order valence-electron chi connectivity index (χ4n) is 2.09. The van der Waals surface area contributed by atoms with E-state index in [1.54, 1.807) is 0 Å². The van der Waals surface area contributed by atoms with Gasteiger partial charge in [-0.2, -0.15) is 13.2 Å². The zero-order valence-electron chi connectivity index (χ0n) is 11.5. The van der Waals surface area contributed by atoms with Crippen molar-refractivity contribution in [3.8, 4) is 16.9 Å². The lowest BCUT2D eigenvalue weighted by atomic mass is 9.97. The summed E-state index contributed by atoms with van der Waals surface area (Å²) in [5, 5.41) is 10.8. The third-order valence-electron chi connectivity index (χ3n) is 2.90. The minimum absolute atomic E-state index is 0.298. The number of ether oxygens (including phenoxy) is 1. The minimum atomic E-state index is -5.07. The summed E-state index contributed by atoms with van der Waals surface area (Å²) in [5.74, 6) is -0.736. The molecule has 0 saturated heterocycles. The molecule has 128 valence electrons. The molecular weight excluding hydrogens is 344 g/mol. The number of nitro groups is 1. The van der Waals surface area contributed by atoms with E-state index < -0.39 is 40.0 Å². The number of nitrogens with zero attached hydrogens (tertiary/aromatic N) is 1. The highest BCUT2D eigenvalue weighted by Crippen LogP contribution is 2.43. The zero-order chi connectivity index (χ0) is 18.1. The molecule has 0 aromatic heterocycles. The van der Waals surface area contributed by atoms with Gasteiger partial charge in [-0.15, -0.1) is 13.2 Å². The van der Waals surface area contributed by atoms with Gasteiger partial charge < -0.3 is 4.74 Å². The summed E-state index contributed by atoms with van der Waals surface area (Å²) in [6.07, 6.45) is -10.1. The first-order valence-electron chi connectivity index (χ1n) is 6.20. The van der Waals surface area contributed by atoms with Crippen LogP contribution in [0.25, 0.3) is 11.1 Å². The van der Waals surface area contributed by atoms with Gasteiger partial charge in [0, 0.05) is 11.6 Å². The van der Waals surface area contributed by atoms with Gasteiger partial charge >= 0.3 is 12.5 Å². The van der Waals surface area contributed by atoms with Crippen LogP contribution in [0.4, 0.5) is 32.0 Å². The van der Waals surface area contributed by atoms with E-state index in [1.165, 1.54) is 0 Å². The Morgan fingerprint density at radius 2 is 1.58 bits per heavy atom. The Labute approximate surface area is 130 Å². The normalized spacial score (nSPS) is 12.1. The zero-order valence-corrected chi connectivity index (χ0v) is 11.5. The predicted octanol–water partition coefficient (Wildman–Crippen LogP) is 5.18. The van der Waals surface area contributed by atoms with E-state index in [4.69, 9.17) is 0 Å². The number of alkyl halides is 6. The van der Waals surface area contributed by atoms with Gasteiger partial charge in [0.25, 0.3) is 5.69 Å². The Morgan fingerprint density at radius 3 is 2.12 bits per heavy atom. The van der Waals surface area contributed by atoms with E-state index in [0.717, 1.165) is 36.4 Å². The molecule has 0 unspecified atom stereocenters. The number of hydrogen-bond donors (Lipinski definition) is 0. The van der Waals surface area contributed by atoms with Crippen LogP contribution in [0.1, 0.15) is 5.56 Å². The lowest BCUT2D eigenvalue weighted by Gasteiger charge is -2.14. The second-order valence-corrected chi connectivity index (χ2v) is 4.53. The Morgan fingerprint density at radius 1 is 0.958 bits per heavy atom. The first-order valence-corrected chi connectivity index (χ1v) is 6.20. The summed E-state index contributed by atoms with van der Waals surface area (Å²) < 4.78 is 80.0. The third-order valence-corrected chi connectivity index (χ3v) is 2.90. The maximum absolute atomic E-state index is 13.2. The first kappa shape index (κ1) is 17.6. The summed E-state index contributed by atoms with van der Waals surface area (Å²) in [6.45, 7) is 0. The highest BCUT2D eigenvalue weighted by molar-refractivity contribution is 5.73. The van der Waals surface area contributed by atoms with E-state index in [-0.39, 0.29) is 5.56 Å². The summed E-state index contributed by atoms with van der Waals surface area (Å²) >= 11 is 0. The highest BCUT2D eigenvalue weighted by Gasteiger charge is 2.41. The Balaban J connectivity index is 2.63. The summed E-state index contributed by atoms with van der Waals surface area (Å²) in [7, 11) is 0. The first-order chi connectivity index (χ1) is 11.0. The molecule has 0 saturated carbocycles.